The van der Waals surface area contributed by atoms with Crippen LogP contribution in [-0.4, -0.2) is 28.0 Å². The van der Waals surface area contributed by atoms with Crippen LogP contribution >= 0.6 is 0 Å². The summed E-state index contributed by atoms with van der Waals surface area (Å²) in [5.41, 5.74) is 5.44. The average Bonchev–Trinajstić information content (AvgIpc) is 2.77. The molecule has 0 radical (unpaired) electrons. The van der Waals surface area contributed by atoms with Crippen molar-refractivity contribution in [2.45, 2.75) is 20.3 Å². The maximum atomic E-state index is 11.0. The number of nitrogens with zero attached hydrogens (tertiary/aromatic N) is 4. The molecule has 1 atom stereocenters. The lowest BCUT2D eigenvalue weighted by molar-refractivity contribution is -0.384. The Balaban J connectivity index is 2.28. The maximum absolute atomic E-state index is 11.0. The monoisotopic (exact) mass is 251 g/mol. The Morgan fingerprint density at radius 1 is 1.61 bits per heavy atom. The van der Waals surface area contributed by atoms with E-state index in [0.717, 1.165) is 19.5 Å². The molecule has 0 bridgehead atoms. The van der Waals surface area contributed by atoms with Gasteiger partial charge in [0.05, 0.1) is 4.92 Å². The summed E-state index contributed by atoms with van der Waals surface area (Å²) in [5.74, 6) is 1.52. The van der Waals surface area contributed by atoms with Gasteiger partial charge in [-0.3, -0.25) is 10.1 Å². The van der Waals surface area contributed by atoms with E-state index >= 15 is 0 Å². The van der Waals surface area contributed by atoms with Crippen LogP contribution in [0.5, 0.6) is 0 Å². The van der Waals surface area contributed by atoms with Crippen molar-refractivity contribution >= 4 is 17.5 Å². The lowest BCUT2D eigenvalue weighted by Crippen LogP contribution is -2.23. The molecule has 2 rings (SSSR count). The summed E-state index contributed by atoms with van der Waals surface area (Å²) in [5, 5.41) is 11.0. The quantitative estimate of drug-likeness (QED) is 0.644. The molecule has 1 fully saturated rings. The van der Waals surface area contributed by atoms with Crippen LogP contribution in [0.15, 0.2) is 6.20 Å². The Hall–Kier alpha value is -1.92. The van der Waals surface area contributed by atoms with E-state index in [1.54, 1.807) is 0 Å². The van der Waals surface area contributed by atoms with Gasteiger partial charge in [0.15, 0.2) is 0 Å². The second-order valence-electron chi connectivity index (χ2n) is 4.93. The molecule has 1 unspecified atom stereocenters. The van der Waals surface area contributed by atoms with Crippen LogP contribution in [0.4, 0.5) is 17.5 Å². The number of hydrogen-bond donors (Lipinski definition) is 1. The predicted octanol–water partition coefficient (Wildman–Crippen LogP) is 1.45. The summed E-state index contributed by atoms with van der Waals surface area (Å²) in [7, 11) is 0. The second-order valence-corrected chi connectivity index (χ2v) is 4.93. The van der Waals surface area contributed by atoms with Crippen molar-refractivity contribution in [1.82, 2.24) is 9.97 Å². The first-order valence-corrected chi connectivity index (χ1v) is 6.01. The third kappa shape index (κ3) is 2.34. The molecule has 1 aliphatic heterocycles. The van der Waals surface area contributed by atoms with Crippen molar-refractivity contribution in [3.05, 3.63) is 16.3 Å². The first-order chi connectivity index (χ1) is 8.49. The van der Waals surface area contributed by atoms with Crippen LogP contribution in [0.2, 0.25) is 0 Å². The molecular formula is C11H17N5O2. The van der Waals surface area contributed by atoms with Crippen LogP contribution in [-0.2, 0) is 0 Å². The average molecular weight is 251 g/mol. The van der Waals surface area contributed by atoms with Crippen LogP contribution in [0.25, 0.3) is 0 Å². The Bertz CT molecular complexity index is 463. The molecule has 0 amide bonds. The fourth-order valence-electron chi connectivity index (χ4n) is 2.26. The van der Waals surface area contributed by atoms with Crippen molar-refractivity contribution < 1.29 is 4.92 Å². The molecule has 1 saturated heterocycles. The Morgan fingerprint density at radius 2 is 2.33 bits per heavy atom. The highest BCUT2D eigenvalue weighted by atomic mass is 16.6. The van der Waals surface area contributed by atoms with Crippen LogP contribution in [0.3, 0.4) is 0 Å². The summed E-state index contributed by atoms with van der Waals surface area (Å²) >= 11 is 0. The summed E-state index contributed by atoms with van der Waals surface area (Å²) in [6.45, 7) is 5.89. The Morgan fingerprint density at radius 3 is 2.89 bits per heavy atom. The molecule has 7 nitrogen and oxygen atoms in total. The van der Waals surface area contributed by atoms with Crippen molar-refractivity contribution in [2.75, 3.05) is 23.7 Å². The first-order valence-electron chi connectivity index (χ1n) is 6.01. The number of rotatable bonds is 3. The van der Waals surface area contributed by atoms with Gasteiger partial charge < -0.3 is 10.6 Å². The Labute approximate surface area is 105 Å². The van der Waals surface area contributed by atoms with Gasteiger partial charge in [-0.2, -0.15) is 4.98 Å². The summed E-state index contributed by atoms with van der Waals surface area (Å²) in [6.07, 6.45) is 2.21. The van der Waals surface area contributed by atoms with Gasteiger partial charge in [0.1, 0.15) is 6.20 Å². The molecule has 0 aliphatic carbocycles. The van der Waals surface area contributed by atoms with Crippen LogP contribution in [0, 0.1) is 22.0 Å². The first kappa shape index (κ1) is 12.5. The molecule has 2 heterocycles. The van der Waals surface area contributed by atoms with E-state index in [-0.39, 0.29) is 11.6 Å². The number of nitro groups is 1. The molecule has 0 spiro atoms. The standard InChI is InChI=1S/C11H17N5O2/c1-7(2)8-3-4-15(6-8)10-9(16(17)18)5-13-11(12)14-10/h5,7-8H,3-4,6H2,1-2H3,(H2,12,13,14). The van der Waals surface area contributed by atoms with Crippen LogP contribution in [0.1, 0.15) is 20.3 Å². The highest BCUT2D eigenvalue weighted by molar-refractivity contribution is 5.58. The third-order valence-corrected chi connectivity index (χ3v) is 3.43. The van der Waals surface area contributed by atoms with Gasteiger partial charge in [0.25, 0.3) is 0 Å². The van der Waals surface area contributed by atoms with Crippen molar-refractivity contribution in [1.29, 1.82) is 0 Å². The zero-order valence-corrected chi connectivity index (χ0v) is 10.5. The van der Waals surface area contributed by atoms with Gasteiger partial charge in [-0.25, -0.2) is 4.98 Å². The number of aromatic nitrogens is 2. The molecule has 98 valence electrons. The Kier molecular flexibility index (Phi) is 3.31. The summed E-state index contributed by atoms with van der Waals surface area (Å²) in [4.78, 5) is 20.1. The minimum Gasteiger partial charge on any atom is -0.368 e. The molecular weight excluding hydrogens is 234 g/mol. The maximum Gasteiger partial charge on any atom is 0.329 e. The smallest absolute Gasteiger partial charge is 0.329 e. The van der Waals surface area contributed by atoms with Crippen LogP contribution < -0.4 is 10.6 Å². The molecule has 0 saturated carbocycles. The number of anilines is 2. The lowest BCUT2D eigenvalue weighted by atomic mass is 9.95. The molecule has 1 aliphatic rings. The minimum atomic E-state index is -0.461. The largest absolute Gasteiger partial charge is 0.368 e. The second kappa shape index (κ2) is 4.75. The van der Waals surface area contributed by atoms with Crippen molar-refractivity contribution in [2.24, 2.45) is 11.8 Å². The number of hydrogen-bond acceptors (Lipinski definition) is 6. The van der Waals surface area contributed by atoms with Gasteiger partial charge in [0.2, 0.25) is 11.8 Å². The molecule has 18 heavy (non-hydrogen) atoms. The van der Waals surface area contributed by atoms with E-state index in [1.165, 1.54) is 6.20 Å². The fraction of sp³-hybridized carbons (Fsp3) is 0.636. The van der Waals surface area contributed by atoms with E-state index in [0.29, 0.717) is 17.7 Å². The highest BCUT2D eigenvalue weighted by Gasteiger charge is 2.30. The van der Waals surface area contributed by atoms with Crippen molar-refractivity contribution in [3.8, 4) is 0 Å². The van der Waals surface area contributed by atoms with E-state index in [4.69, 9.17) is 5.73 Å². The van der Waals surface area contributed by atoms with E-state index in [2.05, 4.69) is 23.8 Å². The SMILES string of the molecule is CC(C)C1CCN(c2nc(N)ncc2[N+](=O)[O-])C1. The predicted molar refractivity (Wildman–Crippen MR) is 68.3 cm³/mol. The number of nitrogen functional groups attached to an aromatic ring is 1. The zero-order chi connectivity index (χ0) is 13.3. The number of nitrogens with two attached hydrogens (primary N) is 1. The molecule has 1 aromatic heterocycles. The fourth-order valence-corrected chi connectivity index (χ4v) is 2.26. The molecule has 2 N–H and O–H groups in total. The normalized spacial score (nSPS) is 19.5. The molecule has 1 aromatic rings. The topological polar surface area (TPSA) is 98.2 Å². The van der Waals surface area contributed by atoms with E-state index in [1.807, 2.05) is 4.90 Å². The van der Waals surface area contributed by atoms with Gasteiger partial charge >= 0.3 is 5.69 Å². The van der Waals surface area contributed by atoms with Gasteiger partial charge in [0, 0.05) is 13.1 Å². The van der Waals surface area contributed by atoms with E-state index < -0.39 is 4.92 Å². The third-order valence-electron chi connectivity index (χ3n) is 3.43. The molecule has 7 heteroatoms. The zero-order valence-electron chi connectivity index (χ0n) is 10.5. The minimum absolute atomic E-state index is 0.0728. The van der Waals surface area contributed by atoms with Gasteiger partial charge in [-0.15, -0.1) is 0 Å². The van der Waals surface area contributed by atoms with E-state index in [9.17, 15) is 10.1 Å². The summed E-state index contributed by atoms with van der Waals surface area (Å²) < 4.78 is 0. The summed E-state index contributed by atoms with van der Waals surface area (Å²) in [6, 6.07) is 0. The molecule has 0 aromatic carbocycles. The van der Waals surface area contributed by atoms with Gasteiger partial charge in [-0.05, 0) is 18.3 Å². The lowest BCUT2D eigenvalue weighted by Gasteiger charge is -2.18. The van der Waals surface area contributed by atoms with Gasteiger partial charge in [-0.1, -0.05) is 13.8 Å². The van der Waals surface area contributed by atoms with Crippen molar-refractivity contribution in [3.63, 3.8) is 0 Å². The highest BCUT2D eigenvalue weighted by Crippen LogP contribution is 2.32.